The maximum absolute atomic E-state index is 12.7. The van der Waals surface area contributed by atoms with Crippen molar-refractivity contribution in [2.75, 3.05) is 6.61 Å². The van der Waals surface area contributed by atoms with Crippen molar-refractivity contribution in [2.24, 2.45) is 4.99 Å². The van der Waals surface area contributed by atoms with Crippen molar-refractivity contribution in [3.63, 3.8) is 0 Å². The Kier molecular flexibility index (Phi) is 8.27. The largest absolute Gasteiger partial charge is 0.506 e. The van der Waals surface area contributed by atoms with E-state index in [0.717, 1.165) is 28.1 Å². The van der Waals surface area contributed by atoms with Gasteiger partial charge in [-0.25, -0.2) is 9.79 Å². The third-order valence-corrected chi connectivity index (χ3v) is 7.51. The average Bonchev–Trinajstić information content (AvgIpc) is 3.23. The van der Waals surface area contributed by atoms with Crippen LogP contribution < -0.4 is 4.74 Å². The van der Waals surface area contributed by atoms with Gasteiger partial charge in [-0.1, -0.05) is 95.6 Å². The summed E-state index contributed by atoms with van der Waals surface area (Å²) in [5.74, 6) is -0.490. The number of hydrogen-bond acceptors (Lipinski definition) is 6. The fourth-order valence-corrected chi connectivity index (χ4v) is 5.78. The minimum absolute atomic E-state index is 0.0178. The van der Waals surface area contributed by atoms with Crippen molar-refractivity contribution < 1.29 is 19.4 Å². The first-order valence-electron chi connectivity index (χ1n) is 12.2. The van der Waals surface area contributed by atoms with Gasteiger partial charge < -0.3 is 14.6 Å². The van der Waals surface area contributed by atoms with Crippen molar-refractivity contribution in [2.45, 2.75) is 13.5 Å². The molecule has 1 aliphatic heterocycles. The van der Waals surface area contributed by atoms with E-state index in [1.165, 1.54) is 0 Å². The zero-order valence-electron chi connectivity index (χ0n) is 20.9. The van der Waals surface area contributed by atoms with Crippen LogP contribution in [0.25, 0.3) is 16.8 Å². The molecule has 0 radical (unpaired) electrons. The van der Waals surface area contributed by atoms with Crippen molar-refractivity contribution in [1.82, 2.24) is 0 Å². The summed E-state index contributed by atoms with van der Waals surface area (Å²) in [6.45, 7) is 2.17. The summed E-state index contributed by atoms with van der Waals surface area (Å²) in [6.07, 6.45) is 1.69. The first-order valence-corrected chi connectivity index (χ1v) is 13.7. The van der Waals surface area contributed by atoms with Gasteiger partial charge in [-0.3, -0.25) is 0 Å². The lowest BCUT2D eigenvalue weighted by atomic mass is 10.1. The van der Waals surface area contributed by atoms with E-state index in [2.05, 4.69) is 17.1 Å². The first kappa shape index (κ1) is 26.9. The number of aliphatic hydroxyl groups is 1. The molecule has 5 nitrogen and oxygen atoms in total. The van der Waals surface area contributed by atoms with E-state index in [-0.39, 0.29) is 17.9 Å². The number of halogens is 2. The molecule has 0 bridgehead atoms. The minimum atomic E-state index is -0.645. The molecule has 0 atom stereocenters. The predicted octanol–water partition coefficient (Wildman–Crippen LogP) is 8.92. The molecular weight excluding hydrogens is 553 g/mol. The number of carbonyl (C=O) groups excluding carboxylic acids is 1. The van der Waals surface area contributed by atoms with Gasteiger partial charge in [0, 0.05) is 0 Å². The second-order valence-electron chi connectivity index (χ2n) is 8.55. The minimum Gasteiger partial charge on any atom is -0.506 e. The van der Waals surface area contributed by atoms with E-state index in [1.54, 1.807) is 25.1 Å². The summed E-state index contributed by atoms with van der Waals surface area (Å²) >= 11 is 14.3. The highest BCUT2D eigenvalue weighted by molar-refractivity contribution is 8.18. The Morgan fingerprint density at radius 1 is 0.974 bits per heavy atom. The van der Waals surface area contributed by atoms with Crippen molar-refractivity contribution >= 4 is 68.5 Å². The molecule has 0 unspecified atom stereocenters. The maximum atomic E-state index is 12.7. The number of ether oxygens (including phenoxy) is 2. The topological polar surface area (TPSA) is 68.1 Å². The van der Waals surface area contributed by atoms with E-state index >= 15 is 0 Å². The van der Waals surface area contributed by atoms with Gasteiger partial charge in [0.25, 0.3) is 0 Å². The molecule has 196 valence electrons. The molecule has 0 aromatic heterocycles. The maximum Gasteiger partial charge on any atom is 0.344 e. The van der Waals surface area contributed by atoms with Crippen LogP contribution in [-0.4, -0.2) is 22.7 Å². The van der Waals surface area contributed by atoms with Gasteiger partial charge in [0.05, 0.1) is 27.2 Å². The number of nitrogens with zero attached hydrogens (tertiary/aromatic N) is 1. The van der Waals surface area contributed by atoms with E-state index in [0.29, 0.717) is 43.6 Å². The number of aliphatic hydroxyl groups excluding tert-OH is 1. The fourth-order valence-electron chi connectivity index (χ4n) is 4.13. The van der Waals surface area contributed by atoms with Crippen LogP contribution in [0.15, 0.2) is 106 Å². The highest BCUT2D eigenvalue weighted by atomic mass is 35.5. The molecule has 5 rings (SSSR count). The molecule has 4 aromatic carbocycles. The van der Waals surface area contributed by atoms with Gasteiger partial charge in [-0.05, 0) is 59.2 Å². The highest BCUT2D eigenvalue weighted by Gasteiger charge is 2.33. The Labute approximate surface area is 240 Å². The number of fused-ring (bicyclic) bond motifs is 1. The lowest BCUT2D eigenvalue weighted by Gasteiger charge is -2.13. The molecule has 0 fully saturated rings. The second kappa shape index (κ2) is 12.0. The second-order valence-corrected chi connectivity index (χ2v) is 10.4. The molecule has 1 N–H and O–H groups in total. The summed E-state index contributed by atoms with van der Waals surface area (Å²) in [5.41, 5.74) is 2.31. The van der Waals surface area contributed by atoms with Gasteiger partial charge in [0.15, 0.2) is 5.75 Å². The van der Waals surface area contributed by atoms with E-state index in [1.807, 2.05) is 60.7 Å². The number of carbonyl (C=O) groups is 1. The molecular formula is C31H23Cl2NO4S. The zero-order valence-corrected chi connectivity index (χ0v) is 23.2. The Morgan fingerprint density at radius 2 is 1.67 bits per heavy atom. The normalized spacial score (nSPS) is 15.4. The summed E-state index contributed by atoms with van der Waals surface area (Å²) in [6, 6.07) is 26.7. The highest BCUT2D eigenvalue weighted by Crippen LogP contribution is 2.42. The number of esters is 1. The number of benzene rings is 4. The number of rotatable bonds is 7. The van der Waals surface area contributed by atoms with Gasteiger partial charge in [0.1, 0.15) is 23.0 Å². The van der Waals surface area contributed by atoms with Gasteiger partial charge >= 0.3 is 5.97 Å². The lowest BCUT2D eigenvalue weighted by molar-refractivity contribution is -0.138. The van der Waals surface area contributed by atoms with Crippen LogP contribution in [0, 0.1) is 0 Å². The quantitative estimate of drug-likeness (QED) is 0.223. The Morgan fingerprint density at radius 3 is 2.41 bits per heavy atom. The van der Waals surface area contributed by atoms with Crippen LogP contribution >= 0.6 is 35.0 Å². The molecule has 0 saturated carbocycles. The summed E-state index contributed by atoms with van der Waals surface area (Å²) < 4.78 is 11.2. The van der Waals surface area contributed by atoms with E-state index in [9.17, 15) is 9.90 Å². The first-order chi connectivity index (χ1) is 18.9. The SMILES string of the molecule is CCOC(=O)C1=C(O)/C(=C/c2cc(Cl)c(OCc3cccc4ccccc34)c(Cl)c2)SC1=Nc1ccccc1. The van der Waals surface area contributed by atoms with Crippen molar-refractivity contribution in [3.8, 4) is 5.75 Å². The molecule has 8 heteroatoms. The Hall–Kier alpha value is -3.71. The van der Waals surface area contributed by atoms with E-state index < -0.39 is 5.97 Å². The number of hydrogen-bond donors (Lipinski definition) is 1. The molecule has 0 aliphatic carbocycles. The summed E-state index contributed by atoms with van der Waals surface area (Å²) in [5, 5.41) is 14.2. The zero-order chi connectivity index (χ0) is 27.4. The standard InChI is InChI=1S/C31H23Cl2NO4S/c1-2-37-31(36)27-28(35)26(39-30(27)34-22-12-4-3-5-13-22)17-19-15-24(32)29(25(33)16-19)38-18-21-11-8-10-20-9-6-7-14-23(20)21/h3-17,35H,2,18H2,1H3/b26-17-,34-30?. The van der Waals surface area contributed by atoms with E-state index in [4.69, 9.17) is 32.7 Å². The summed E-state index contributed by atoms with van der Waals surface area (Å²) in [4.78, 5) is 17.6. The van der Waals surface area contributed by atoms with Gasteiger partial charge in [-0.15, -0.1) is 0 Å². The lowest BCUT2D eigenvalue weighted by Crippen LogP contribution is -2.12. The molecule has 0 saturated heterocycles. The number of aliphatic imine (C=N–C) groups is 1. The molecule has 1 aliphatic rings. The van der Waals surface area contributed by atoms with Crippen LogP contribution in [0.3, 0.4) is 0 Å². The van der Waals surface area contributed by atoms with Gasteiger partial charge in [0.2, 0.25) is 0 Å². The smallest absolute Gasteiger partial charge is 0.344 e. The number of thioether (sulfide) groups is 1. The third-order valence-electron chi connectivity index (χ3n) is 5.93. The molecule has 1 heterocycles. The molecule has 39 heavy (non-hydrogen) atoms. The Bertz CT molecular complexity index is 1620. The van der Waals surface area contributed by atoms with Gasteiger partial charge in [-0.2, -0.15) is 0 Å². The van der Waals surface area contributed by atoms with Crippen LogP contribution in [0.5, 0.6) is 5.75 Å². The molecule has 0 amide bonds. The summed E-state index contributed by atoms with van der Waals surface area (Å²) in [7, 11) is 0. The van der Waals surface area contributed by atoms with Crippen LogP contribution in [-0.2, 0) is 16.1 Å². The molecule has 0 spiro atoms. The fraction of sp³-hybridized carbons (Fsp3) is 0.0968. The Balaban J connectivity index is 1.43. The van der Waals surface area contributed by atoms with Crippen LogP contribution in [0.4, 0.5) is 5.69 Å². The predicted molar refractivity (Wildman–Crippen MR) is 160 cm³/mol. The van der Waals surface area contributed by atoms with Crippen LogP contribution in [0.1, 0.15) is 18.1 Å². The van der Waals surface area contributed by atoms with Crippen molar-refractivity contribution in [3.05, 3.63) is 122 Å². The monoisotopic (exact) mass is 575 g/mol. The number of para-hydroxylation sites is 1. The van der Waals surface area contributed by atoms with Crippen molar-refractivity contribution in [1.29, 1.82) is 0 Å². The third kappa shape index (κ3) is 5.98. The molecule has 4 aromatic rings. The van der Waals surface area contributed by atoms with Crippen LogP contribution in [0.2, 0.25) is 10.0 Å². The average molecular weight is 577 g/mol.